The second kappa shape index (κ2) is 6.57. The summed E-state index contributed by atoms with van der Waals surface area (Å²) in [5.74, 6) is 0.398. The third-order valence-electron chi connectivity index (χ3n) is 3.57. The average molecular weight is 262 g/mol. The first-order valence-electron chi connectivity index (χ1n) is 6.93. The molecule has 0 aromatic heterocycles. The van der Waals surface area contributed by atoms with Crippen LogP contribution in [0, 0.1) is 5.92 Å². The highest BCUT2D eigenvalue weighted by molar-refractivity contribution is 5.89. The Morgan fingerprint density at radius 1 is 1.42 bits per heavy atom. The van der Waals surface area contributed by atoms with Crippen molar-refractivity contribution in [2.24, 2.45) is 5.92 Å². The number of ether oxygens (including phenoxy) is 1. The molecular formula is C15H22N2O2. The van der Waals surface area contributed by atoms with Crippen LogP contribution in [0.25, 0.3) is 0 Å². The van der Waals surface area contributed by atoms with Crippen LogP contribution in [-0.4, -0.2) is 32.8 Å². The largest absolute Gasteiger partial charge is 0.449 e. The predicted octanol–water partition coefficient (Wildman–Crippen LogP) is 2.43. The smallest absolute Gasteiger partial charge is 0.414 e. The quantitative estimate of drug-likeness (QED) is 0.886. The van der Waals surface area contributed by atoms with Crippen LogP contribution in [0.4, 0.5) is 10.5 Å². The molecule has 19 heavy (non-hydrogen) atoms. The average Bonchev–Trinajstić information content (AvgIpc) is 2.46. The van der Waals surface area contributed by atoms with Gasteiger partial charge in [0.2, 0.25) is 0 Å². The molecule has 0 spiro atoms. The van der Waals surface area contributed by atoms with Crippen LogP contribution in [0.2, 0.25) is 0 Å². The summed E-state index contributed by atoms with van der Waals surface area (Å²) in [7, 11) is 1.94. The zero-order chi connectivity index (χ0) is 13.7. The molecule has 1 atom stereocenters. The number of carbonyl (C=O) groups is 1. The number of hydrogen-bond donors (Lipinski definition) is 1. The van der Waals surface area contributed by atoms with Crippen LogP contribution in [0.15, 0.2) is 24.3 Å². The first-order valence-corrected chi connectivity index (χ1v) is 6.93. The number of benzene rings is 1. The fraction of sp³-hybridized carbons (Fsp3) is 0.533. The van der Waals surface area contributed by atoms with Crippen LogP contribution < -0.4 is 10.2 Å². The van der Waals surface area contributed by atoms with E-state index in [0.717, 1.165) is 31.6 Å². The zero-order valence-electron chi connectivity index (χ0n) is 11.7. The van der Waals surface area contributed by atoms with Gasteiger partial charge in [0.15, 0.2) is 0 Å². The number of amides is 1. The van der Waals surface area contributed by atoms with Gasteiger partial charge in [-0.15, -0.1) is 0 Å². The monoisotopic (exact) mass is 262 g/mol. The van der Waals surface area contributed by atoms with Crippen molar-refractivity contribution in [2.45, 2.75) is 19.8 Å². The predicted molar refractivity (Wildman–Crippen MR) is 76.5 cm³/mol. The number of carbonyl (C=O) groups excluding carboxylic acids is 1. The molecule has 4 nitrogen and oxygen atoms in total. The molecule has 1 saturated heterocycles. The molecule has 1 heterocycles. The van der Waals surface area contributed by atoms with Crippen molar-refractivity contribution in [2.75, 3.05) is 31.6 Å². The number of para-hydroxylation sites is 1. The standard InChI is InChI=1S/C15H22N2O2/c1-3-13-6-4-5-7-14(13)17-10-12(8-9-16-2)11-19-15(17)18/h4-7,12,16H,3,8-11H2,1-2H3. The highest BCUT2D eigenvalue weighted by Crippen LogP contribution is 2.26. The molecule has 104 valence electrons. The fourth-order valence-corrected chi connectivity index (χ4v) is 2.45. The maximum absolute atomic E-state index is 12.0. The van der Waals surface area contributed by atoms with Crippen LogP contribution in [-0.2, 0) is 11.2 Å². The van der Waals surface area contributed by atoms with Gasteiger partial charge in [0.1, 0.15) is 0 Å². The van der Waals surface area contributed by atoms with Gasteiger partial charge in [-0.3, -0.25) is 4.90 Å². The molecule has 0 saturated carbocycles. The van der Waals surface area contributed by atoms with E-state index in [0.29, 0.717) is 12.5 Å². The summed E-state index contributed by atoms with van der Waals surface area (Å²) in [6.45, 7) is 4.33. The van der Waals surface area contributed by atoms with Crippen LogP contribution in [0.1, 0.15) is 18.9 Å². The Morgan fingerprint density at radius 3 is 2.95 bits per heavy atom. The SMILES string of the molecule is CCc1ccccc1N1CC(CCNC)COC1=O. The Morgan fingerprint density at radius 2 is 2.21 bits per heavy atom. The minimum absolute atomic E-state index is 0.221. The molecule has 0 aliphatic carbocycles. The van der Waals surface area contributed by atoms with Gasteiger partial charge in [-0.2, -0.15) is 0 Å². The third-order valence-corrected chi connectivity index (χ3v) is 3.57. The molecule has 1 fully saturated rings. The number of anilines is 1. The maximum atomic E-state index is 12.0. The summed E-state index contributed by atoms with van der Waals surface area (Å²) in [6, 6.07) is 8.05. The van der Waals surface area contributed by atoms with E-state index in [1.807, 2.05) is 25.2 Å². The lowest BCUT2D eigenvalue weighted by molar-refractivity contribution is 0.112. The first-order chi connectivity index (χ1) is 9.26. The summed E-state index contributed by atoms with van der Waals surface area (Å²) in [5.41, 5.74) is 2.18. The van der Waals surface area contributed by atoms with Crippen molar-refractivity contribution in [3.05, 3.63) is 29.8 Å². The van der Waals surface area contributed by atoms with Crippen molar-refractivity contribution in [3.63, 3.8) is 0 Å². The van der Waals surface area contributed by atoms with Gasteiger partial charge in [0.25, 0.3) is 0 Å². The number of hydrogen-bond acceptors (Lipinski definition) is 3. The molecule has 1 aromatic carbocycles. The van der Waals surface area contributed by atoms with Crippen LogP contribution >= 0.6 is 0 Å². The number of nitrogens with one attached hydrogen (secondary N) is 1. The Labute approximate surface area is 114 Å². The van der Waals surface area contributed by atoms with Gasteiger partial charge < -0.3 is 10.1 Å². The summed E-state index contributed by atoms with van der Waals surface area (Å²) < 4.78 is 5.31. The lowest BCUT2D eigenvalue weighted by Crippen LogP contribution is -2.44. The summed E-state index contributed by atoms with van der Waals surface area (Å²) in [6.07, 6.45) is 1.72. The minimum Gasteiger partial charge on any atom is -0.449 e. The van der Waals surface area contributed by atoms with Crippen LogP contribution in [0.3, 0.4) is 0 Å². The highest BCUT2D eigenvalue weighted by atomic mass is 16.6. The summed E-state index contributed by atoms with van der Waals surface area (Å²) in [4.78, 5) is 13.8. The summed E-state index contributed by atoms with van der Waals surface area (Å²) >= 11 is 0. The highest BCUT2D eigenvalue weighted by Gasteiger charge is 2.28. The van der Waals surface area contributed by atoms with Gasteiger partial charge in [0, 0.05) is 12.5 Å². The van der Waals surface area contributed by atoms with Gasteiger partial charge in [0.05, 0.1) is 12.3 Å². The van der Waals surface area contributed by atoms with Gasteiger partial charge >= 0.3 is 6.09 Å². The number of cyclic esters (lactones) is 1. The Bertz CT molecular complexity index is 434. The van der Waals surface area contributed by atoms with E-state index in [9.17, 15) is 4.79 Å². The minimum atomic E-state index is -0.221. The van der Waals surface area contributed by atoms with Crippen molar-refractivity contribution in [1.82, 2.24) is 5.32 Å². The molecule has 1 aromatic rings. The molecule has 1 aliphatic heterocycles. The van der Waals surface area contributed by atoms with E-state index in [4.69, 9.17) is 4.74 Å². The number of aryl methyl sites for hydroxylation is 1. The normalized spacial score (nSPS) is 19.4. The maximum Gasteiger partial charge on any atom is 0.414 e. The fourth-order valence-electron chi connectivity index (χ4n) is 2.45. The van der Waals surface area contributed by atoms with E-state index in [1.165, 1.54) is 5.56 Å². The molecule has 1 N–H and O–H groups in total. The molecule has 1 amide bonds. The molecule has 0 bridgehead atoms. The molecular weight excluding hydrogens is 240 g/mol. The van der Waals surface area contributed by atoms with Gasteiger partial charge in [-0.25, -0.2) is 4.79 Å². The number of rotatable bonds is 5. The summed E-state index contributed by atoms with van der Waals surface area (Å²) in [5, 5.41) is 3.14. The Kier molecular flexibility index (Phi) is 4.80. The molecule has 1 unspecified atom stereocenters. The lowest BCUT2D eigenvalue weighted by Gasteiger charge is -2.33. The van der Waals surface area contributed by atoms with E-state index < -0.39 is 0 Å². The Hall–Kier alpha value is -1.55. The van der Waals surface area contributed by atoms with E-state index in [1.54, 1.807) is 4.90 Å². The van der Waals surface area contributed by atoms with Gasteiger partial charge in [-0.05, 0) is 38.1 Å². The van der Waals surface area contributed by atoms with E-state index in [2.05, 4.69) is 18.3 Å². The number of nitrogens with zero attached hydrogens (tertiary/aromatic N) is 1. The topological polar surface area (TPSA) is 41.6 Å². The first kappa shape index (κ1) is 13.9. The lowest BCUT2D eigenvalue weighted by atomic mass is 10.0. The molecule has 1 aliphatic rings. The van der Waals surface area contributed by atoms with Crippen molar-refractivity contribution in [3.8, 4) is 0 Å². The second-order valence-electron chi connectivity index (χ2n) is 4.93. The van der Waals surface area contributed by atoms with Crippen molar-refractivity contribution < 1.29 is 9.53 Å². The van der Waals surface area contributed by atoms with Crippen LogP contribution in [0.5, 0.6) is 0 Å². The van der Waals surface area contributed by atoms with E-state index in [-0.39, 0.29) is 6.09 Å². The van der Waals surface area contributed by atoms with Gasteiger partial charge in [-0.1, -0.05) is 25.1 Å². The van der Waals surface area contributed by atoms with E-state index >= 15 is 0 Å². The molecule has 2 rings (SSSR count). The third kappa shape index (κ3) is 3.26. The molecule has 0 radical (unpaired) electrons. The van der Waals surface area contributed by atoms with Crippen molar-refractivity contribution in [1.29, 1.82) is 0 Å². The Balaban J connectivity index is 2.14. The van der Waals surface area contributed by atoms with Crippen molar-refractivity contribution >= 4 is 11.8 Å². The zero-order valence-corrected chi connectivity index (χ0v) is 11.7. The molecule has 4 heteroatoms. The second-order valence-corrected chi connectivity index (χ2v) is 4.93.